The van der Waals surface area contributed by atoms with Gasteiger partial charge in [0.15, 0.2) is 16.7 Å². The number of nitrogens with zero attached hydrogens (tertiary/aromatic N) is 2. The Morgan fingerprint density at radius 1 is 1.07 bits per heavy atom. The Morgan fingerprint density at radius 2 is 1.87 bits per heavy atom. The summed E-state index contributed by atoms with van der Waals surface area (Å²) in [5, 5.41) is 17.9. The summed E-state index contributed by atoms with van der Waals surface area (Å²) in [5.41, 5.74) is 1.69. The molecule has 0 saturated carbocycles. The van der Waals surface area contributed by atoms with Crippen LogP contribution in [0.2, 0.25) is 0 Å². The first kappa shape index (κ1) is 32.3. The molecule has 1 aliphatic heterocycles. The number of nitrogens with one attached hydrogen (secondary N) is 3. The fourth-order valence-corrected chi connectivity index (χ4v) is 5.42. The van der Waals surface area contributed by atoms with Crippen molar-refractivity contribution in [2.24, 2.45) is 0 Å². The fourth-order valence-electron chi connectivity index (χ4n) is 5.18. The zero-order chi connectivity index (χ0) is 32.6. The minimum Gasteiger partial charge on any atom is -0.496 e. The number of rotatable bonds is 10. The van der Waals surface area contributed by atoms with Gasteiger partial charge in [-0.05, 0) is 54.9 Å². The topological polar surface area (TPSA) is 142 Å². The van der Waals surface area contributed by atoms with Gasteiger partial charge >= 0.3 is 0 Å². The summed E-state index contributed by atoms with van der Waals surface area (Å²) in [4.78, 5) is 44.0. The number of thiocarbonyl (C=S) groups is 1. The molecule has 0 bridgehead atoms. The van der Waals surface area contributed by atoms with Crippen molar-refractivity contribution in [1.29, 1.82) is 0 Å². The summed E-state index contributed by atoms with van der Waals surface area (Å²) in [6.07, 6.45) is 3.12. The Morgan fingerprint density at radius 3 is 2.61 bits per heavy atom. The number of methoxy groups -OCH3 is 1. The predicted octanol–water partition coefficient (Wildman–Crippen LogP) is 3.94. The molecule has 1 unspecified atom stereocenters. The molecule has 4 N–H and O–H groups in total. The summed E-state index contributed by atoms with van der Waals surface area (Å²) in [6.45, 7) is 0.143. The van der Waals surface area contributed by atoms with Crippen LogP contribution in [0.5, 0.6) is 17.2 Å². The van der Waals surface area contributed by atoms with E-state index in [0.29, 0.717) is 29.6 Å². The van der Waals surface area contributed by atoms with E-state index in [9.17, 15) is 19.5 Å². The fraction of sp³-hybridized carbons (Fsp3) is 0.242. The van der Waals surface area contributed by atoms with Crippen LogP contribution in [0.25, 0.3) is 10.9 Å². The molecule has 2 heterocycles. The highest BCUT2D eigenvalue weighted by Gasteiger charge is 2.28. The van der Waals surface area contributed by atoms with Crippen LogP contribution in [-0.4, -0.2) is 70.7 Å². The standard InChI is InChI=1S/C33H32FN5O6S/c1-44-29-17-26-23(16-24(29)32(43)36-18-31(42)39-13-5-8-22(39)19-40)27(11-12-35-26)45-28-10-9-21(15-25(28)34)37-33(46)38-30(41)14-20-6-3-2-4-7-20/h2-4,6-7,9-12,15-17,22,40H,5,8,13-14,18-19H2,1H3,(H,36,43)(H2,37,38,41,46). The molecule has 238 valence electrons. The molecular weight excluding hydrogens is 613 g/mol. The zero-order valence-corrected chi connectivity index (χ0v) is 25.7. The summed E-state index contributed by atoms with van der Waals surface area (Å²) < 4.78 is 26.5. The molecule has 1 saturated heterocycles. The Kier molecular flexibility index (Phi) is 10.4. The van der Waals surface area contributed by atoms with Gasteiger partial charge in [0.05, 0.1) is 43.8 Å². The second-order valence-corrected chi connectivity index (χ2v) is 10.9. The van der Waals surface area contributed by atoms with Crippen LogP contribution in [0.15, 0.2) is 72.9 Å². The third-order valence-electron chi connectivity index (χ3n) is 7.45. The second kappa shape index (κ2) is 14.8. The van der Waals surface area contributed by atoms with Crippen molar-refractivity contribution >= 4 is 51.6 Å². The van der Waals surface area contributed by atoms with Crippen molar-refractivity contribution in [2.75, 3.05) is 32.1 Å². The average Bonchev–Trinajstić information content (AvgIpc) is 3.54. The second-order valence-electron chi connectivity index (χ2n) is 10.5. The van der Waals surface area contributed by atoms with Gasteiger partial charge in [-0.2, -0.15) is 0 Å². The monoisotopic (exact) mass is 645 g/mol. The third kappa shape index (κ3) is 7.73. The van der Waals surface area contributed by atoms with Gasteiger partial charge in [0.1, 0.15) is 11.5 Å². The number of ether oxygens (including phenoxy) is 2. The maximum atomic E-state index is 15.2. The number of hydrogen-bond donors (Lipinski definition) is 4. The lowest BCUT2D eigenvalue weighted by Crippen LogP contribution is -2.43. The summed E-state index contributed by atoms with van der Waals surface area (Å²) in [6, 6.07) is 17.6. The lowest BCUT2D eigenvalue weighted by molar-refractivity contribution is -0.131. The lowest BCUT2D eigenvalue weighted by atomic mass is 10.1. The SMILES string of the molecule is COc1cc2nccc(Oc3ccc(NC(=S)NC(=O)Cc4ccccc4)cc3F)c2cc1C(=O)NCC(=O)N1CCCC1CO. The average molecular weight is 646 g/mol. The van der Waals surface area contributed by atoms with Crippen LogP contribution in [0.4, 0.5) is 10.1 Å². The quantitative estimate of drug-likeness (QED) is 0.189. The van der Waals surface area contributed by atoms with E-state index in [0.717, 1.165) is 12.0 Å². The van der Waals surface area contributed by atoms with E-state index in [2.05, 4.69) is 20.9 Å². The normalized spacial score (nSPS) is 14.1. The number of aliphatic hydroxyl groups is 1. The lowest BCUT2D eigenvalue weighted by Gasteiger charge is -2.23. The molecule has 0 spiro atoms. The molecule has 4 aromatic rings. The van der Waals surface area contributed by atoms with Crippen molar-refractivity contribution in [2.45, 2.75) is 25.3 Å². The number of aliphatic hydroxyl groups excluding tert-OH is 1. The van der Waals surface area contributed by atoms with E-state index in [4.69, 9.17) is 21.7 Å². The number of pyridine rings is 1. The van der Waals surface area contributed by atoms with E-state index < -0.39 is 11.7 Å². The molecule has 3 amide bonds. The maximum Gasteiger partial charge on any atom is 0.255 e. The molecule has 11 nitrogen and oxygen atoms in total. The van der Waals surface area contributed by atoms with Crippen molar-refractivity contribution in [1.82, 2.24) is 20.5 Å². The molecule has 46 heavy (non-hydrogen) atoms. The molecule has 1 aromatic heterocycles. The summed E-state index contributed by atoms with van der Waals surface area (Å²) in [7, 11) is 1.41. The minimum absolute atomic E-state index is 0.0178. The highest BCUT2D eigenvalue weighted by molar-refractivity contribution is 7.80. The van der Waals surface area contributed by atoms with Gasteiger partial charge in [0, 0.05) is 35.9 Å². The Hall–Kier alpha value is -5.14. The molecule has 1 aliphatic rings. The van der Waals surface area contributed by atoms with Crippen molar-refractivity contribution in [3.8, 4) is 17.2 Å². The van der Waals surface area contributed by atoms with Gasteiger partial charge < -0.3 is 35.4 Å². The Balaban J connectivity index is 1.27. The first-order valence-electron chi connectivity index (χ1n) is 14.5. The molecule has 3 aromatic carbocycles. The van der Waals surface area contributed by atoms with E-state index in [1.807, 2.05) is 30.3 Å². The summed E-state index contributed by atoms with van der Waals surface area (Å²) >= 11 is 5.21. The molecule has 0 aliphatic carbocycles. The highest BCUT2D eigenvalue weighted by atomic mass is 32.1. The van der Waals surface area contributed by atoms with E-state index in [-0.39, 0.29) is 65.4 Å². The van der Waals surface area contributed by atoms with E-state index in [1.165, 1.54) is 43.6 Å². The number of hydrogen-bond acceptors (Lipinski definition) is 8. The van der Waals surface area contributed by atoms with Crippen LogP contribution in [0, 0.1) is 5.82 Å². The highest BCUT2D eigenvalue weighted by Crippen LogP contribution is 2.34. The van der Waals surface area contributed by atoms with Crippen molar-refractivity contribution < 1.29 is 33.4 Å². The molecule has 13 heteroatoms. The van der Waals surface area contributed by atoms with Crippen LogP contribution < -0.4 is 25.4 Å². The number of carbonyl (C=O) groups excluding carboxylic acids is 3. The Labute approximate surface area is 269 Å². The van der Waals surface area contributed by atoms with Gasteiger partial charge in [-0.15, -0.1) is 0 Å². The minimum atomic E-state index is -0.707. The first-order valence-corrected chi connectivity index (χ1v) is 14.9. The summed E-state index contributed by atoms with van der Waals surface area (Å²) in [5.74, 6) is -1.52. The van der Waals surface area contributed by atoms with Crippen LogP contribution in [-0.2, 0) is 16.0 Å². The van der Waals surface area contributed by atoms with Crippen LogP contribution in [0.3, 0.4) is 0 Å². The number of carbonyl (C=O) groups is 3. The number of halogens is 1. The van der Waals surface area contributed by atoms with E-state index >= 15 is 4.39 Å². The number of fused-ring (bicyclic) bond motifs is 1. The largest absolute Gasteiger partial charge is 0.496 e. The molecule has 1 fully saturated rings. The molecule has 5 rings (SSSR count). The van der Waals surface area contributed by atoms with Gasteiger partial charge in [0.2, 0.25) is 11.8 Å². The van der Waals surface area contributed by atoms with Crippen LogP contribution in [0.1, 0.15) is 28.8 Å². The van der Waals surface area contributed by atoms with Gasteiger partial charge in [-0.25, -0.2) is 4.39 Å². The third-order valence-corrected chi connectivity index (χ3v) is 7.65. The predicted molar refractivity (Wildman–Crippen MR) is 173 cm³/mol. The number of amides is 3. The first-order chi connectivity index (χ1) is 22.2. The van der Waals surface area contributed by atoms with Gasteiger partial charge in [0.25, 0.3) is 5.91 Å². The smallest absolute Gasteiger partial charge is 0.255 e. The number of aromatic nitrogens is 1. The molecule has 1 atom stereocenters. The van der Waals surface area contributed by atoms with Crippen molar-refractivity contribution in [3.63, 3.8) is 0 Å². The van der Waals surface area contributed by atoms with Gasteiger partial charge in [-0.1, -0.05) is 30.3 Å². The molecular formula is C33H32FN5O6S. The number of anilines is 1. The van der Waals surface area contributed by atoms with Gasteiger partial charge in [-0.3, -0.25) is 19.4 Å². The Bertz CT molecular complexity index is 1770. The number of benzene rings is 3. The van der Waals surface area contributed by atoms with Crippen molar-refractivity contribution in [3.05, 3.63) is 89.9 Å². The molecule has 0 radical (unpaired) electrons. The number of likely N-dealkylation sites (tertiary alicyclic amines) is 1. The van der Waals surface area contributed by atoms with Crippen LogP contribution >= 0.6 is 12.2 Å². The zero-order valence-electron chi connectivity index (χ0n) is 24.9. The maximum absolute atomic E-state index is 15.2. The van der Waals surface area contributed by atoms with E-state index in [1.54, 1.807) is 11.0 Å².